The molecular weight excluding hydrogens is 329 g/mol. The molecular formula is C18H18FNO3S. The number of nitrogens with one attached hydrogen (secondary N) is 1. The molecule has 1 heterocycles. The zero-order chi connectivity index (χ0) is 16.8. The van der Waals surface area contributed by atoms with Crippen molar-refractivity contribution in [2.45, 2.75) is 11.9 Å². The molecule has 126 valence electrons. The van der Waals surface area contributed by atoms with Crippen LogP contribution in [0.4, 0.5) is 4.39 Å². The van der Waals surface area contributed by atoms with Gasteiger partial charge < -0.3 is 14.8 Å². The summed E-state index contributed by atoms with van der Waals surface area (Å²) in [5.74, 6) is 2.12. The van der Waals surface area contributed by atoms with Gasteiger partial charge >= 0.3 is 0 Å². The van der Waals surface area contributed by atoms with Crippen LogP contribution in [0, 0.1) is 5.82 Å². The third-order valence-corrected chi connectivity index (χ3v) is 4.57. The topological polar surface area (TPSA) is 47.6 Å². The predicted molar refractivity (Wildman–Crippen MR) is 91.9 cm³/mol. The average molecular weight is 347 g/mol. The van der Waals surface area contributed by atoms with Crippen molar-refractivity contribution >= 4 is 17.7 Å². The van der Waals surface area contributed by atoms with Crippen molar-refractivity contribution in [3.05, 3.63) is 59.9 Å². The van der Waals surface area contributed by atoms with E-state index in [2.05, 4.69) is 5.32 Å². The van der Waals surface area contributed by atoms with E-state index in [4.69, 9.17) is 9.47 Å². The van der Waals surface area contributed by atoms with Crippen molar-refractivity contribution in [3.63, 3.8) is 0 Å². The van der Waals surface area contributed by atoms with Crippen LogP contribution in [0.2, 0.25) is 0 Å². The van der Waals surface area contributed by atoms with E-state index < -0.39 is 6.10 Å². The van der Waals surface area contributed by atoms with Crippen molar-refractivity contribution in [1.29, 1.82) is 0 Å². The molecule has 3 rings (SSSR count). The molecule has 24 heavy (non-hydrogen) atoms. The lowest BCUT2D eigenvalue weighted by Crippen LogP contribution is -2.44. The molecule has 0 spiro atoms. The van der Waals surface area contributed by atoms with Gasteiger partial charge in [-0.05, 0) is 23.8 Å². The fourth-order valence-corrected chi connectivity index (χ4v) is 3.15. The van der Waals surface area contributed by atoms with E-state index in [9.17, 15) is 9.18 Å². The molecule has 1 aliphatic rings. The van der Waals surface area contributed by atoms with Crippen LogP contribution >= 0.6 is 11.8 Å². The van der Waals surface area contributed by atoms with Crippen LogP contribution in [0.3, 0.4) is 0 Å². The number of para-hydroxylation sites is 2. The van der Waals surface area contributed by atoms with Gasteiger partial charge in [-0.25, -0.2) is 4.39 Å². The smallest absolute Gasteiger partial charge is 0.264 e. The molecule has 0 aromatic heterocycles. The number of amides is 1. The lowest BCUT2D eigenvalue weighted by molar-refractivity contribution is -0.130. The molecule has 0 saturated carbocycles. The van der Waals surface area contributed by atoms with Crippen LogP contribution in [0.25, 0.3) is 0 Å². The highest BCUT2D eigenvalue weighted by atomic mass is 32.2. The first kappa shape index (κ1) is 16.6. The fraction of sp³-hybridized carbons (Fsp3) is 0.278. The maximum atomic E-state index is 13.5. The molecule has 0 saturated heterocycles. The van der Waals surface area contributed by atoms with Gasteiger partial charge in [-0.3, -0.25) is 4.79 Å². The molecule has 0 fully saturated rings. The summed E-state index contributed by atoms with van der Waals surface area (Å²) in [7, 11) is 0. The fourth-order valence-electron chi connectivity index (χ4n) is 2.31. The van der Waals surface area contributed by atoms with Gasteiger partial charge in [-0.15, -0.1) is 0 Å². The van der Waals surface area contributed by atoms with Crippen molar-refractivity contribution in [2.24, 2.45) is 0 Å². The molecule has 0 bridgehead atoms. The second-order valence-corrected chi connectivity index (χ2v) is 6.40. The molecule has 6 heteroatoms. The van der Waals surface area contributed by atoms with Gasteiger partial charge in [-0.2, -0.15) is 11.8 Å². The zero-order valence-corrected chi connectivity index (χ0v) is 13.9. The maximum absolute atomic E-state index is 13.5. The second-order valence-electron chi connectivity index (χ2n) is 5.30. The summed E-state index contributed by atoms with van der Waals surface area (Å²) in [5, 5.41) is 2.83. The minimum Gasteiger partial charge on any atom is -0.485 e. The third kappa shape index (κ3) is 4.20. The lowest BCUT2D eigenvalue weighted by atomic mass is 10.2. The minimum atomic E-state index is -0.642. The number of benzene rings is 2. The highest BCUT2D eigenvalue weighted by Crippen LogP contribution is 2.30. The second kappa shape index (κ2) is 8.06. The number of rotatable bonds is 6. The Morgan fingerprint density at radius 1 is 1.17 bits per heavy atom. The van der Waals surface area contributed by atoms with Gasteiger partial charge in [0.15, 0.2) is 11.5 Å². The number of hydrogen-bond acceptors (Lipinski definition) is 4. The summed E-state index contributed by atoms with van der Waals surface area (Å²) < 4.78 is 24.6. The minimum absolute atomic E-state index is 0.194. The van der Waals surface area contributed by atoms with Gasteiger partial charge in [0.1, 0.15) is 12.4 Å². The molecule has 1 atom stereocenters. The Labute approximate surface area is 144 Å². The zero-order valence-electron chi connectivity index (χ0n) is 13.0. The Hall–Kier alpha value is -2.21. The van der Waals surface area contributed by atoms with Crippen molar-refractivity contribution in [2.75, 3.05) is 18.9 Å². The maximum Gasteiger partial charge on any atom is 0.264 e. The summed E-state index contributed by atoms with van der Waals surface area (Å²) >= 11 is 1.57. The van der Waals surface area contributed by atoms with E-state index in [-0.39, 0.29) is 18.3 Å². The number of carbonyl (C=O) groups is 1. The summed E-state index contributed by atoms with van der Waals surface area (Å²) in [5.41, 5.74) is 0.675. The first-order valence-corrected chi connectivity index (χ1v) is 8.87. The van der Waals surface area contributed by atoms with Crippen molar-refractivity contribution in [1.82, 2.24) is 5.32 Å². The Kier molecular flexibility index (Phi) is 5.59. The van der Waals surface area contributed by atoms with Crippen molar-refractivity contribution in [3.8, 4) is 11.5 Å². The number of carbonyl (C=O) groups excluding carboxylic acids is 1. The van der Waals surface area contributed by atoms with E-state index in [1.807, 2.05) is 24.3 Å². The van der Waals surface area contributed by atoms with E-state index in [1.54, 1.807) is 30.0 Å². The third-order valence-electron chi connectivity index (χ3n) is 3.56. The predicted octanol–water partition coefficient (Wildman–Crippen LogP) is 3.02. The molecule has 1 amide bonds. The van der Waals surface area contributed by atoms with Crippen LogP contribution in [-0.4, -0.2) is 30.9 Å². The number of fused-ring (bicyclic) bond motifs is 1. The molecule has 1 aliphatic heterocycles. The quantitative estimate of drug-likeness (QED) is 0.816. The first-order chi connectivity index (χ1) is 11.7. The standard InChI is InChI=1S/C18H18FNO3S/c19-14-6-2-1-5-13(14)12-24-10-9-20-18(21)17-11-22-15-7-3-4-8-16(15)23-17/h1-8,17H,9-12H2,(H,20,21)/t17-/m1/s1. The highest BCUT2D eigenvalue weighted by Gasteiger charge is 2.26. The van der Waals surface area contributed by atoms with Gasteiger partial charge in [0.25, 0.3) is 5.91 Å². The molecule has 1 N–H and O–H groups in total. The average Bonchev–Trinajstić information content (AvgIpc) is 2.62. The molecule has 2 aromatic carbocycles. The highest BCUT2D eigenvalue weighted by molar-refractivity contribution is 7.98. The number of halogens is 1. The largest absolute Gasteiger partial charge is 0.485 e. The Morgan fingerprint density at radius 2 is 1.92 bits per heavy atom. The van der Waals surface area contributed by atoms with Gasteiger partial charge in [-0.1, -0.05) is 30.3 Å². The van der Waals surface area contributed by atoms with Gasteiger partial charge in [0.05, 0.1) is 0 Å². The van der Waals surface area contributed by atoms with E-state index >= 15 is 0 Å². The normalized spacial score (nSPS) is 15.8. The number of ether oxygens (including phenoxy) is 2. The van der Waals surface area contributed by atoms with Crippen LogP contribution in [0.5, 0.6) is 11.5 Å². The van der Waals surface area contributed by atoms with Gasteiger partial charge in [0.2, 0.25) is 6.10 Å². The molecule has 0 radical (unpaired) electrons. The molecule has 2 aromatic rings. The number of hydrogen-bond donors (Lipinski definition) is 1. The summed E-state index contributed by atoms with van der Waals surface area (Å²) in [4.78, 5) is 12.1. The van der Waals surface area contributed by atoms with Crippen molar-refractivity contribution < 1.29 is 18.7 Å². The van der Waals surface area contributed by atoms with E-state index in [0.29, 0.717) is 35.1 Å². The van der Waals surface area contributed by atoms with E-state index in [1.165, 1.54) is 6.07 Å². The van der Waals surface area contributed by atoms with Crippen LogP contribution < -0.4 is 14.8 Å². The van der Waals surface area contributed by atoms with Crippen LogP contribution in [-0.2, 0) is 10.5 Å². The Bertz CT molecular complexity index is 710. The lowest BCUT2D eigenvalue weighted by Gasteiger charge is -2.25. The van der Waals surface area contributed by atoms with Crippen LogP contribution in [0.15, 0.2) is 48.5 Å². The Morgan fingerprint density at radius 3 is 2.75 bits per heavy atom. The molecule has 0 aliphatic carbocycles. The number of thioether (sulfide) groups is 1. The molecule has 4 nitrogen and oxygen atoms in total. The molecule has 0 unspecified atom stereocenters. The summed E-state index contributed by atoms with van der Waals surface area (Å²) in [6.07, 6.45) is -0.642. The van der Waals surface area contributed by atoms with Gasteiger partial charge in [0, 0.05) is 18.1 Å². The van der Waals surface area contributed by atoms with E-state index in [0.717, 1.165) is 0 Å². The summed E-state index contributed by atoms with van der Waals surface area (Å²) in [6.45, 7) is 0.699. The van der Waals surface area contributed by atoms with Crippen LogP contribution in [0.1, 0.15) is 5.56 Å². The Balaban J connectivity index is 1.38. The summed E-state index contributed by atoms with van der Waals surface area (Å²) in [6, 6.07) is 14.0. The monoisotopic (exact) mass is 347 g/mol. The first-order valence-electron chi connectivity index (χ1n) is 7.71. The SMILES string of the molecule is O=C(NCCSCc1ccccc1F)[C@H]1COc2ccccc2O1.